The van der Waals surface area contributed by atoms with Crippen molar-refractivity contribution >= 4 is 11.0 Å². The van der Waals surface area contributed by atoms with E-state index in [1.165, 1.54) is 16.7 Å². The first-order chi connectivity index (χ1) is 21.6. The molecule has 4 nitrogen and oxygen atoms in total. The van der Waals surface area contributed by atoms with Gasteiger partial charge in [0, 0.05) is 33.0 Å². The van der Waals surface area contributed by atoms with Gasteiger partial charge in [-0.25, -0.2) is 4.98 Å². The van der Waals surface area contributed by atoms with Crippen LogP contribution in [0.25, 0.3) is 50.5 Å². The maximum Gasteiger partial charge on any atom is 0.148 e. The molecule has 0 saturated carbocycles. The number of aromatic nitrogens is 3. The molecule has 0 bridgehead atoms. The van der Waals surface area contributed by atoms with Crippen LogP contribution in [-0.2, 0) is 37.3 Å². The molecule has 47 heavy (non-hydrogen) atoms. The van der Waals surface area contributed by atoms with Gasteiger partial charge in [-0.15, -0.1) is 29.8 Å². The third-order valence-electron chi connectivity index (χ3n) is 8.67. The Morgan fingerprint density at radius 2 is 1.26 bits per heavy atom. The monoisotopic (exact) mass is 801 g/mol. The van der Waals surface area contributed by atoms with Crippen molar-refractivity contribution in [2.75, 3.05) is 0 Å². The van der Waals surface area contributed by atoms with Crippen LogP contribution < -0.4 is 0 Å². The van der Waals surface area contributed by atoms with Gasteiger partial charge >= 0.3 is 0 Å². The van der Waals surface area contributed by atoms with E-state index >= 15 is 0 Å². The van der Waals surface area contributed by atoms with Crippen molar-refractivity contribution in [3.8, 4) is 45.2 Å². The SMILES string of the molecule is CC(C)(C)c1cc(-c2[c-]c(-c3ccccn3)ccc2)c2nc(-c3ccccc3O)n(-c3c(C(C)(C)C)cccc3C(C)(C)C)c2c1.[Pt]. The molecule has 0 aliphatic rings. The summed E-state index contributed by atoms with van der Waals surface area (Å²) in [5.41, 5.74) is 10.6. The Hall–Kier alpha value is -4.01. The molecule has 244 valence electrons. The van der Waals surface area contributed by atoms with E-state index in [0.29, 0.717) is 11.4 Å². The molecule has 5 heteroatoms. The molecule has 0 radical (unpaired) electrons. The van der Waals surface area contributed by atoms with Crippen LogP contribution in [0.5, 0.6) is 5.75 Å². The van der Waals surface area contributed by atoms with Crippen LogP contribution in [0, 0.1) is 6.07 Å². The predicted octanol–water partition coefficient (Wildman–Crippen LogP) is 10.8. The number of benzene rings is 4. The minimum absolute atomic E-state index is 0. The summed E-state index contributed by atoms with van der Waals surface area (Å²) in [4.78, 5) is 10.0. The molecule has 4 aromatic carbocycles. The number of phenols is 1. The largest absolute Gasteiger partial charge is 0.507 e. The maximum absolute atomic E-state index is 11.3. The second-order valence-corrected chi connectivity index (χ2v) is 15.3. The Labute approximate surface area is 294 Å². The van der Waals surface area contributed by atoms with Gasteiger partial charge in [0.1, 0.15) is 11.6 Å². The molecule has 0 aliphatic heterocycles. The smallest absolute Gasteiger partial charge is 0.148 e. The van der Waals surface area contributed by atoms with Crippen LogP contribution in [0.2, 0.25) is 0 Å². The molecule has 0 aliphatic carbocycles. The molecule has 0 spiro atoms. The molecule has 2 aromatic heterocycles. The second kappa shape index (κ2) is 12.5. The molecule has 2 heterocycles. The first-order valence-electron chi connectivity index (χ1n) is 16.1. The van der Waals surface area contributed by atoms with Crippen molar-refractivity contribution in [3.63, 3.8) is 0 Å². The average molecular weight is 802 g/mol. The number of para-hydroxylation sites is 2. The number of fused-ring (bicyclic) bond motifs is 1. The molecule has 0 unspecified atom stereocenters. The van der Waals surface area contributed by atoms with Crippen molar-refractivity contribution in [2.24, 2.45) is 0 Å². The summed E-state index contributed by atoms with van der Waals surface area (Å²) in [6.45, 7) is 20.3. The molecular formula is C42H44N3OPt-. The van der Waals surface area contributed by atoms with Gasteiger partial charge in [-0.2, -0.15) is 0 Å². The van der Waals surface area contributed by atoms with Crippen LogP contribution >= 0.6 is 0 Å². The summed E-state index contributed by atoms with van der Waals surface area (Å²) in [6, 6.07) is 34.6. The molecule has 0 atom stereocenters. The molecule has 0 saturated heterocycles. The zero-order chi connectivity index (χ0) is 33.0. The number of aromatic hydroxyl groups is 1. The summed E-state index contributed by atoms with van der Waals surface area (Å²) < 4.78 is 2.31. The standard InChI is InChI=1S/C42H44N3O.Pt/c1-40(2,3)29-25-31(27-16-14-17-28(24-27)34-21-12-13-23-43-34)37-35(26-29)45(39(44-37)30-18-10-11-22-36(30)46)38-32(41(4,5)6)19-15-20-33(38)42(7,8)9;/h10-23,25-26,46H,1-9H3;/q-1;. The van der Waals surface area contributed by atoms with Crippen molar-refractivity contribution in [1.82, 2.24) is 14.5 Å². The second-order valence-electron chi connectivity index (χ2n) is 15.3. The van der Waals surface area contributed by atoms with Crippen LogP contribution in [0.3, 0.4) is 0 Å². The van der Waals surface area contributed by atoms with Crippen LogP contribution in [-0.4, -0.2) is 19.6 Å². The van der Waals surface area contributed by atoms with Crippen LogP contribution in [0.4, 0.5) is 0 Å². The fourth-order valence-electron chi connectivity index (χ4n) is 6.18. The Kier molecular flexibility index (Phi) is 9.16. The van der Waals surface area contributed by atoms with Gasteiger partial charge in [-0.05, 0) is 57.2 Å². The Morgan fingerprint density at radius 1 is 0.638 bits per heavy atom. The summed E-state index contributed by atoms with van der Waals surface area (Å²) in [7, 11) is 0. The molecule has 0 amide bonds. The van der Waals surface area contributed by atoms with Crippen molar-refractivity contribution in [1.29, 1.82) is 0 Å². The van der Waals surface area contributed by atoms with Gasteiger partial charge in [0.2, 0.25) is 0 Å². The Bertz CT molecular complexity index is 2020. The van der Waals surface area contributed by atoms with E-state index in [9.17, 15) is 5.11 Å². The number of imidazole rings is 1. The first kappa shape index (κ1) is 34.3. The number of rotatable bonds is 4. The molecule has 1 N–H and O–H groups in total. The van der Waals surface area contributed by atoms with Crippen molar-refractivity contribution in [3.05, 3.63) is 120 Å². The van der Waals surface area contributed by atoms with Gasteiger partial charge < -0.3 is 5.11 Å². The van der Waals surface area contributed by atoms with Crippen molar-refractivity contribution < 1.29 is 26.2 Å². The van der Waals surface area contributed by atoms with E-state index in [-0.39, 0.29) is 43.1 Å². The van der Waals surface area contributed by atoms with Crippen LogP contribution in [0.15, 0.2) is 97.2 Å². The predicted molar refractivity (Wildman–Crippen MR) is 192 cm³/mol. The quantitative estimate of drug-likeness (QED) is 0.181. The molecule has 0 fully saturated rings. The minimum Gasteiger partial charge on any atom is -0.507 e. The third-order valence-corrected chi connectivity index (χ3v) is 8.67. The number of pyridine rings is 1. The van der Waals surface area contributed by atoms with Crippen LogP contribution in [0.1, 0.15) is 79.0 Å². The number of hydrogen-bond donors (Lipinski definition) is 1. The van der Waals surface area contributed by atoms with E-state index in [0.717, 1.165) is 39.1 Å². The number of hydrogen-bond acceptors (Lipinski definition) is 3. The summed E-state index contributed by atoms with van der Waals surface area (Å²) in [5, 5.41) is 11.3. The zero-order valence-electron chi connectivity index (χ0n) is 28.8. The van der Waals surface area contributed by atoms with E-state index in [2.05, 4.69) is 126 Å². The number of phenolic OH excluding ortho intramolecular Hbond substituents is 1. The maximum atomic E-state index is 11.3. The summed E-state index contributed by atoms with van der Waals surface area (Å²) in [6.07, 6.45) is 1.81. The van der Waals surface area contributed by atoms with Gasteiger partial charge in [-0.3, -0.25) is 9.55 Å². The topological polar surface area (TPSA) is 50.9 Å². The van der Waals surface area contributed by atoms with E-state index < -0.39 is 0 Å². The Balaban J connectivity index is 0.00000433. The fourth-order valence-corrected chi connectivity index (χ4v) is 6.18. The van der Waals surface area contributed by atoms with E-state index in [4.69, 9.17) is 4.98 Å². The van der Waals surface area contributed by atoms with Gasteiger partial charge in [0.25, 0.3) is 0 Å². The summed E-state index contributed by atoms with van der Waals surface area (Å²) in [5.74, 6) is 0.911. The van der Waals surface area contributed by atoms with Gasteiger partial charge in [0.05, 0.1) is 22.3 Å². The number of nitrogens with zero attached hydrogens (tertiary/aromatic N) is 3. The first-order valence-corrected chi connectivity index (χ1v) is 16.1. The van der Waals surface area contributed by atoms with E-state index in [1.807, 2.05) is 42.6 Å². The third kappa shape index (κ3) is 6.58. The molecular weight excluding hydrogens is 758 g/mol. The molecule has 6 rings (SSSR count). The molecule has 6 aromatic rings. The average Bonchev–Trinajstić information content (AvgIpc) is 3.38. The zero-order valence-corrected chi connectivity index (χ0v) is 31.1. The van der Waals surface area contributed by atoms with Gasteiger partial charge in [0.15, 0.2) is 0 Å². The fraction of sp³-hybridized carbons (Fsp3) is 0.286. The normalized spacial score (nSPS) is 12.3. The van der Waals surface area contributed by atoms with E-state index in [1.54, 1.807) is 6.07 Å². The van der Waals surface area contributed by atoms with Gasteiger partial charge in [-0.1, -0.05) is 122 Å². The Morgan fingerprint density at radius 3 is 1.85 bits per heavy atom. The van der Waals surface area contributed by atoms with Crippen molar-refractivity contribution in [2.45, 2.75) is 78.6 Å². The summed E-state index contributed by atoms with van der Waals surface area (Å²) >= 11 is 0. The minimum atomic E-state index is -0.154.